The van der Waals surface area contributed by atoms with Gasteiger partial charge in [0.15, 0.2) is 5.78 Å². The second kappa shape index (κ2) is 13.5. The summed E-state index contributed by atoms with van der Waals surface area (Å²) in [5, 5.41) is 14.8. The molecule has 0 aliphatic heterocycles. The summed E-state index contributed by atoms with van der Waals surface area (Å²) in [6, 6.07) is 3.75. The second-order valence-electron chi connectivity index (χ2n) is 6.48. The Balaban J connectivity index is 2.83. The van der Waals surface area contributed by atoms with E-state index in [0.29, 0.717) is 17.5 Å². The molecule has 2 atom stereocenters. The molecular weight excluding hydrogens is 411 g/mol. The third-order valence-corrected chi connectivity index (χ3v) is 4.83. The molecule has 4 N–H and O–H groups in total. The highest BCUT2D eigenvalue weighted by Gasteiger charge is 2.26. The molecule has 0 aliphatic carbocycles. The fraction of sp³-hybridized carbons (Fsp3) is 0.450. The zero-order chi connectivity index (χ0) is 22.5. The van der Waals surface area contributed by atoms with Crippen LogP contribution in [0.5, 0.6) is 0 Å². The third-order valence-electron chi connectivity index (χ3n) is 4.16. The van der Waals surface area contributed by atoms with Gasteiger partial charge in [-0.15, -0.1) is 0 Å². The van der Waals surface area contributed by atoms with Crippen molar-refractivity contribution in [3.05, 3.63) is 35.6 Å². The molecule has 0 radical (unpaired) electrons. The lowest BCUT2D eigenvalue weighted by Crippen LogP contribution is -2.54. The molecule has 0 unspecified atom stereocenters. The number of amides is 3. The van der Waals surface area contributed by atoms with Gasteiger partial charge in [0.2, 0.25) is 17.7 Å². The molecule has 0 saturated carbocycles. The van der Waals surface area contributed by atoms with Crippen LogP contribution in [0.25, 0.3) is 0 Å². The summed E-state index contributed by atoms with van der Waals surface area (Å²) in [4.78, 5) is 48.4. The number of rotatable bonds is 13. The quantitative estimate of drug-likeness (QED) is 0.344. The second-order valence-corrected chi connectivity index (χ2v) is 7.39. The standard InChI is InChI=1S/C20H27FN4O4S/c1-3-18(27)24-17(12-30-2)20(29)25-16(9-8-15(26)10-22)19(28)23-11-13-4-6-14(21)7-5-13/h4-7,10,16-17,22H,3,8-9,11-12H2,1-2H3,(H,23,28)(H,24,27)(H,25,29)/t16-,17-/m0/s1. The van der Waals surface area contributed by atoms with E-state index in [4.69, 9.17) is 5.41 Å². The van der Waals surface area contributed by atoms with Crippen LogP contribution < -0.4 is 16.0 Å². The predicted molar refractivity (Wildman–Crippen MR) is 114 cm³/mol. The van der Waals surface area contributed by atoms with Crippen molar-refractivity contribution < 1.29 is 23.6 Å². The lowest BCUT2D eigenvalue weighted by atomic mass is 10.1. The van der Waals surface area contributed by atoms with Gasteiger partial charge in [-0.1, -0.05) is 19.1 Å². The summed E-state index contributed by atoms with van der Waals surface area (Å²) in [7, 11) is 0. The van der Waals surface area contributed by atoms with Crippen LogP contribution in [0.2, 0.25) is 0 Å². The maximum atomic E-state index is 13.0. The molecule has 0 fully saturated rings. The van der Waals surface area contributed by atoms with E-state index in [1.54, 1.807) is 13.2 Å². The first-order valence-corrected chi connectivity index (χ1v) is 10.8. The van der Waals surface area contributed by atoms with Crippen LogP contribution in [-0.2, 0) is 25.7 Å². The molecule has 0 saturated heterocycles. The number of carbonyl (C=O) groups is 4. The van der Waals surface area contributed by atoms with Crippen LogP contribution in [0.4, 0.5) is 4.39 Å². The van der Waals surface area contributed by atoms with Crippen molar-refractivity contribution in [2.24, 2.45) is 0 Å². The molecule has 30 heavy (non-hydrogen) atoms. The molecule has 1 aromatic carbocycles. The minimum Gasteiger partial charge on any atom is -0.350 e. The average Bonchev–Trinajstić information content (AvgIpc) is 2.74. The summed E-state index contributed by atoms with van der Waals surface area (Å²) >= 11 is 1.37. The minimum atomic E-state index is -1.02. The van der Waals surface area contributed by atoms with Gasteiger partial charge in [-0.2, -0.15) is 11.8 Å². The Bertz CT molecular complexity index is 758. The van der Waals surface area contributed by atoms with Crippen molar-refractivity contribution in [1.29, 1.82) is 5.41 Å². The third kappa shape index (κ3) is 9.17. The van der Waals surface area contributed by atoms with Gasteiger partial charge in [0.05, 0.1) is 6.21 Å². The number of hydrogen-bond donors (Lipinski definition) is 4. The molecule has 164 valence electrons. The first kappa shape index (κ1) is 25.3. The van der Waals surface area contributed by atoms with E-state index in [9.17, 15) is 23.6 Å². The monoisotopic (exact) mass is 438 g/mol. The Labute approximate surface area is 179 Å². The van der Waals surface area contributed by atoms with Crippen molar-refractivity contribution in [2.75, 3.05) is 12.0 Å². The lowest BCUT2D eigenvalue weighted by Gasteiger charge is -2.22. The van der Waals surface area contributed by atoms with Gasteiger partial charge < -0.3 is 21.4 Å². The Morgan fingerprint density at radius 1 is 1.10 bits per heavy atom. The highest BCUT2D eigenvalue weighted by Crippen LogP contribution is 2.05. The number of thioether (sulfide) groups is 1. The fourth-order valence-electron chi connectivity index (χ4n) is 2.46. The molecule has 0 aliphatic rings. The van der Waals surface area contributed by atoms with Crippen LogP contribution in [-0.4, -0.2) is 53.8 Å². The van der Waals surface area contributed by atoms with Gasteiger partial charge in [0.25, 0.3) is 0 Å². The molecule has 1 aromatic rings. The highest BCUT2D eigenvalue weighted by atomic mass is 32.2. The predicted octanol–water partition coefficient (Wildman–Crippen LogP) is 1.18. The van der Waals surface area contributed by atoms with E-state index in [1.165, 1.54) is 36.0 Å². The molecule has 0 spiro atoms. The zero-order valence-corrected chi connectivity index (χ0v) is 17.8. The van der Waals surface area contributed by atoms with Gasteiger partial charge in [-0.05, 0) is 30.4 Å². The Morgan fingerprint density at radius 3 is 2.33 bits per heavy atom. The van der Waals surface area contributed by atoms with E-state index in [0.717, 1.165) is 0 Å². The Kier molecular flexibility index (Phi) is 11.4. The van der Waals surface area contributed by atoms with E-state index in [2.05, 4.69) is 16.0 Å². The van der Waals surface area contributed by atoms with Crippen molar-refractivity contribution in [1.82, 2.24) is 16.0 Å². The Hall–Kier alpha value is -2.75. The highest BCUT2D eigenvalue weighted by molar-refractivity contribution is 7.98. The van der Waals surface area contributed by atoms with Crippen LogP contribution in [0.3, 0.4) is 0 Å². The molecule has 0 heterocycles. The summed E-state index contributed by atoms with van der Waals surface area (Å²) < 4.78 is 13.0. The number of halogens is 1. The minimum absolute atomic E-state index is 0.00289. The van der Waals surface area contributed by atoms with Gasteiger partial charge in [-0.25, -0.2) is 4.39 Å². The number of Topliss-reactive ketones (excluding diaryl/α,β-unsaturated/α-hetero) is 1. The number of ketones is 1. The molecule has 8 nitrogen and oxygen atoms in total. The molecule has 0 aromatic heterocycles. The maximum Gasteiger partial charge on any atom is 0.244 e. The SMILES string of the molecule is CCC(=O)N[C@@H](CSC)C(=O)N[C@@H](CCC(=O)C=N)C(=O)NCc1ccc(F)cc1. The maximum absolute atomic E-state index is 13.0. The van der Waals surface area contributed by atoms with E-state index in [1.807, 2.05) is 0 Å². The van der Waals surface area contributed by atoms with E-state index in [-0.39, 0.29) is 31.7 Å². The van der Waals surface area contributed by atoms with Crippen LogP contribution in [0, 0.1) is 11.2 Å². The number of nitrogens with one attached hydrogen (secondary N) is 4. The van der Waals surface area contributed by atoms with Crippen molar-refractivity contribution in [3.63, 3.8) is 0 Å². The summed E-state index contributed by atoms with van der Waals surface area (Å²) in [5.41, 5.74) is 0.667. The first-order valence-electron chi connectivity index (χ1n) is 9.44. The van der Waals surface area contributed by atoms with Gasteiger partial charge >= 0.3 is 0 Å². The smallest absolute Gasteiger partial charge is 0.244 e. The van der Waals surface area contributed by atoms with E-state index >= 15 is 0 Å². The topological polar surface area (TPSA) is 128 Å². The van der Waals surface area contributed by atoms with Crippen molar-refractivity contribution in [3.8, 4) is 0 Å². The molecule has 10 heteroatoms. The number of benzene rings is 1. The van der Waals surface area contributed by atoms with Gasteiger partial charge in [-0.3, -0.25) is 19.2 Å². The van der Waals surface area contributed by atoms with Gasteiger partial charge in [0, 0.05) is 25.1 Å². The Morgan fingerprint density at radius 2 is 1.77 bits per heavy atom. The number of hydrogen-bond acceptors (Lipinski definition) is 6. The fourth-order valence-corrected chi connectivity index (χ4v) is 3.03. The van der Waals surface area contributed by atoms with Crippen molar-refractivity contribution >= 4 is 41.5 Å². The van der Waals surface area contributed by atoms with Crippen LogP contribution in [0.1, 0.15) is 31.7 Å². The molecule has 1 rings (SSSR count). The normalized spacial score (nSPS) is 12.4. The summed E-state index contributed by atoms with van der Waals surface area (Å²) in [5.74, 6) is -1.89. The lowest BCUT2D eigenvalue weighted by molar-refractivity contribution is -0.131. The molecular formula is C20H27FN4O4S. The molecule has 3 amide bonds. The average molecular weight is 439 g/mol. The van der Waals surface area contributed by atoms with Crippen LogP contribution >= 0.6 is 11.8 Å². The number of carbonyl (C=O) groups excluding carboxylic acids is 4. The summed E-state index contributed by atoms with van der Waals surface area (Å²) in [6.07, 6.45) is 2.57. The summed E-state index contributed by atoms with van der Waals surface area (Å²) in [6.45, 7) is 1.78. The molecule has 0 bridgehead atoms. The zero-order valence-electron chi connectivity index (χ0n) is 17.0. The van der Waals surface area contributed by atoms with Crippen molar-refractivity contribution in [2.45, 2.75) is 44.8 Å². The van der Waals surface area contributed by atoms with Gasteiger partial charge in [0.1, 0.15) is 17.9 Å². The first-order chi connectivity index (χ1) is 14.3. The largest absolute Gasteiger partial charge is 0.350 e. The van der Waals surface area contributed by atoms with E-state index < -0.39 is 35.5 Å². The van der Waals surface area contributed by atoms with Crippen LogP contribution in [0.15, 0.2) is 24.3 Å².